The topological polar surface area (TPSA) is 37.3 Å². The van der Waals surface area contributed by atoms with Crippen LogP contribution in [0.1, 0.15) is 27.2 Å². The summed E-state index contributed by atoms with van der Waals surface area (Å²) in [6, 6.07) is 0. The standard InChI is InChI=1S/C12H18O2/c1-7-8(2)9(3)10(4)12(5,6)11(13)14/h2-4,7H2,1,5-6H3,(H,13,14). The zero-order valence-corrected chi connectivity index (χ0v) is 9.18. The quantitative estimate of drug-likeness (QED) is 0.682. The monoisotopic (exact) mass is 194 g/mol. The minimum atomic E-state index is -0.977. The van der Waals surface area contributed by atoms with E-state index in [4.69, 9.17) is 5.11 Å². The first kappa shape index (κ1) is 12.7. The summed E-state index contributed by atoms with van der Waals surface area (Å²) in [6.45, 7) is 16.6. The van der Waals surface area contributed by atoms with Gasteiger partial charge in [-0.1, -0.05) is 26.7 Å². The van der Waals surface area contributed by atoms with Gasteiger partial charge in [0, 0.05) is 0 Å². The van der Waals surface area contributed by atoms with Gasteiger partial charge in [0.15, 0.2) is 0 Å². The first-order valence-corrected chi connectivity index (χ1v) is 4.55. The number of carboxylic acids is 1. The second-order valence-corrected chi connectivity index (χ2v) is 3.84. The van der Waals surface area contributed by atoms with E-state index in [9.17, 15) is 4.79 Å². The number of rotatable bonds is 5. The predicted molar refractivity (Wildman–Crippen MR) is 59.1 cm³/mol. The van der Waals surface area contributed by atoms with Crippen LogP contribution in [0.25, 0.3) is 0 Å². The Morgan fingerprint density at radius 2 is 1.71 bits per heavy atom. The van der Waals surface area contributed by atoms with Crippen LogP contribution >= 0.6 is 0 Å². The van der Waals surface area contributed by atoms with E-state index in [1.807, 2.05) is 6.92 Å². The molecule has 0 spiro atoms. The van der Waals surface area contributed by atoms with Crippen molar-refractivity contribution in [3.8, 4) is 0 Å². The van der Waals surface area contributed by atoms with Crippen LogP contribution in [0, 0.1) is 5.41 Å². The fraction of sp³-hybridized carbons (Fsp3) is 0.417. The molecule has 2 nitrogen and oxygen atoms in total. The van der Waals surface area contributed by atoms with Crippen LogP contribution < -0.4 is 0 Å². The van der Waals surface area contributed by atoms with Crippen LogP contribution in [0.2, 0.25) is 0 Å². The number of carboxylic acid groups (broad SMARTS) is 1. The maximum Gasteiger partial charge on any atom is 0.313 e. The molecule has 0 bridgehead atoms. The van der Waals surface area contributed by atoms with E-state index in [0.29, 0.717) is 11.1 Å². The maximum absolute atomic E-state index is 10.9. The molecule has 0 amide bonds. The molecule has 0 aromatic carbocycles. The lowest BCUT2D eigenvalue weighted by atomic mass is 9.79. The van der Waals surface area contributed by atoms with Gasteiger partial charge in [-0.2, -0.15) is 0 Å². The molecule has 0 saturated heterocycles. The normalized spacial score (nSPS) is 10.8. The summed E-state index contributed by atoms with van der Waals surface area (Å²) in [5, 5.41) is 8.98. The molecule has 0 aromatic heterocycles. The lowest BCUT2D eigenvalue weighted by Crippen LogP contribution is -2.26. The van der Waals surface area contributed by atoms with E-state index >= 15 is 0 Å². The summed E-state index contributed by atoms with van der Waals surface area (Å²) in [5.41, 5.74) is 1.04. The summed E-state index contributed by atoms with van der Waals surface area (Å²) < 4.78 is 0. The summed E-state index contributed by atoms with van der Waals surface area (Å²) >= 11 is 0. The number of hydrogen-bond acceptors (Lipinski definition) is 1. The molecule has 0 atom stereocenters. The molecule has 0 radical (unpaired) electrons. The van der Waals surface area contributed by atoms with Gasteiger partial charge < -0.3 is 5.11 Å². The van der Waals surface area contributed by atoms with Gasteiger partial charge in [-0.3, -0.25) is 4.79 Å². The van der Waals surface area contributed by atoms with Gasteiger partial charge in [0.2, 0.25) is 0 Å². The number of carbonyl (C=O) groups is 1. The minimum Gasteiger partial charge on any atom is -0.481 e. The Morgan fingerprint density at radius 3 is 2.00 bits per heavy atom. The van der Waals surface area contributed by atoms with E-state index in [2.05, 4.69) is 19.7 Å². The zero-order valence-electron chi connectivity index (χ0n) is 9.18. The Labute approximate surface area is 85.6 Å². The molecular formula is C12H18O2. The maximum atomic E-state index is 10.9. The van der Waals surface area contributed by atoms with E-state index in [1.165, 1.54) is 0 Å². The molecular weight excluding hydrogens is 176 g/mol. The molecule has 2 heteroatoms. The van der Waals surface area contributed by atoms with E-state index < -0.39 is 11.4 Å². The fourth-order valence-electron chi connectivity index (χ4n) is 0.933. The van der Waals surface area contributed by atoms with Crippen LogP contribution in [0.3, 0.4) is 0 Å². The van der Waals surface area contributed by atoms with Crippen LogP contribution in [-0.4, -0.2) is 11.1 Å². The van der Waals surface area contributed by atoms with Crippen molar-refractivity contribution in [3.05, 3.63) is 36.5 Å². The average Bonchev–Trinajstić information content (AvgIpc) is 2.13. The molecule has 0 unspecified atom stereocenters. The lowest BCUT2D eigenvalue weighted by molar-refractivity contribution is -0.144. The molecule has 0 aliphatic heterocycles. The Balaban J connectivity index is 4.89. The highest BCUT2D eigenvalue weighted by Crippen LogP contribution is 2.33. The molecule has 0 rings (SSSR count). The van der Waals surface area contributed by atoms with E-state index in [-0.39, 0.29) is 0 Å². The van der Waals surface area contributed by atoms with Crippen molar-refractivity contribution in [3.63, 3.8) is 0 Å². The summed E-state index contributed by atoms with van der Waals surface area (Å²) in [6.07, 6.45) is 0.757. The molecule has 78 valence electrons. The van der Waals surface area contributed by atoms with Crippen molar-refractivity contribution in [2.24, 2.45) is 5.41 Å². The summed E-state index contributed by atoms with van der Waals surface area (Å²) in [5.74, 6) is -0.896. The Bertz CT molecular complexity index is 295. The largest absolute Gasteiger partial charge is 0.481 e. The number of aliphatic carboxylic acids is 1. The highest BCUT2D eigenvalue weighted by molar-refractivity contribution is 5.79. The van der Waals surface area contributed by atoms with E-state index in [0.717, 1.165) is 12.0 Å². The van der Waals surface area contributed by atoms with Gasteiger partial charge in [0.1, 0.15) is 0 Å². The molecule has 0 aliphatic carbocycles. The zero-order chi connectivity index (χ0) is 11.5. The van der Waals surface area contributed by atoms with Crippen molar-refractivity contribution in [1.82, 2.24) is 0 Å². The second kappa shape index (κ2) is 4.27. The van der Waals surface area contributed by atoms with Crippen LogP contribution in [0.15, 0.2) is 36.5 Å². The Kier molecular flexibility index (Phi) is 3.87. The molecule has 0 heterocycles. The lowest BCUT2D eigenvalue weighted by Gasteiger charge is -2.24. The average molecular weight is 194 g/mol. The molecule has 0 aliphatic rings. The summed E-state index contributed by atoms with van der Waals surface area (Å²) in [4.78, 5) is 10.9. The van der Waals surface area contributed by atoms with Gasteiger partial charge in [0.05, 0.1) is 5.41 Å². The number of allylic oxidation sites excluding steroid dienone is 2. The van der Waals surface area contributed by atoms with Gasteiger partial charge in [-0.05, 0) is 37.0 Å². The third-order valence-corrected chi connectivity index (χ3v) is 2.51. The van der Waals surface area contributed by atoms with Gasteiger partial charge in [0.25, 0.3) is 0 Å². The predicted octanol–water partition coefficient (Wildman–Crippen LogP) is 3.18. The fourth-order valence-corrected chi connectivity index (χ4v) is 0.933. The first-order valence-electron chi connectivity index (χ1n) is 4.55. The van der Waals surface area contributed by atoms with Crippen molar-refractivity contribution in [2.45, 2.75) is 27.2 Å². The van der Waals surface area contributed by atoms with Crippen LogP contribution in [0.5, 0.6) is 0 Å². The highest BCUT2D eigenvalue weighted by Gasteiger charge is 2.31. The highest BCUT2D eigenvalue weighted by atomic mass is 16.4. The first-order chi connectivity index (χ1) is 6.25. The molecule has 0 saturated carbocycles. The third kappa shape index (κ3) is 2.34. The Morgan fingerprint density at radius 1 is 1.29 bits per heavy atom. The third-order valence-electron chi connectivity index (χ3n) is 2.51. The van der Waals surface area contributed by atoms with Crippen molar-refractivity contribution >= 4 is 5.97 Å². The minimum absolute atomic E-state index is 0.525. The van der Waals surface area contributed by atoms with Gasteiger partial charge in [-0.15, -0.1) is 0 Å². The van der Waals surface area contributed by atoms with Crippen LogP contribution in [-0.2, 0) is 4.79 Å². The smallest absolute Gasteiger partial charge is 0.313 e. The summed E-state index contributed by atoms with van der Waals surface area (Å²) in [7, 11) is 0. The molecule has 14 heavy (non-hydrogen) atoms. The van der Waals surface area contributed by atoms with Gasteiger partial charge in [-0.25, -0.2) is 0 Å². The van der Waals surface area contributed by atoms with Crippen molar-refractivity contribution in [2.75, 3.05) is 0 Å². The number of hydrogen-bond donors (Lipinski definition) is 1. The Hall–Kier alpha value is -1.31. The van der Waals surface area contributed by atoms with Crippen molar-refractivity contribution in [1.29, 1.82) is 0 Å². The van der Waals surface area contributed by atoms with E-state index in [1.54, 1.807) is 13.8 Å². The van der Waals surface area contributed by atoms with Crippen LogP contribution in [0.4, 0.5) is 0 Å². The second-order valence-electron chi connectivity index (χ2n) is 3.84. The molecule has 1 N–H and O–H groups in total. The van der Waals surface area contributed by atoms with Gasteiger partial charge >= 0.3 is 5.97 Å². The SMILES string of the molecule is C=C(CC)C(=C)C(=C)C(C)(C)C(=O)O. The molecule has 0 fully saturated rings. The van der Waals surface area contributed by atoms with Crippen molar-refractivity contribution < 1.29 is 9.90 Å². The molecule has 0 aromatic rings.